The summed E-state index contributed by atoms with van der Waals surface area (Å²) in [5.74, 6) is 0. The number of hydrogen-bond donors (Lipinski definition) is 2. The number of piperidine rings is 1. The highest BCUT2D eigenvalue weighted by molar-refractivity contribution is 4.87. The average molecular weight is 186 g/mol. The SMILES string of the molecule is CC(C)N1CCC(CN)(CO)CC1. The van der Waals surface area contributed by atoms with Gasteiger partial charge in [-0.25, -0.2) is 0 Å². The van der Waals surface area contributed by atoms with Crippen LogP contribution in [0.2, 0.25) is 0 Å². The van der Waals surface area contributed by atoms with Gasteiger partial charge in [-0.2, -0.15) is 0 Å². The molecule has 1 rings (SSSR count). The molecule has 1 fully saturated rings. The minimum Gasteiger partial charge on any atom is -0.396 e. The van der Waals surface area contributed by atoms with Crippen molar-refractivity contribution in [2.45, 2.75) is 32.7 Å². The Morgan fingerprint density at radius 3 is 2.23 bits per heavy atom. The van der Waals surface area contributed by atoms with Crippen LogP contribution in [-0.2, 0) is 0 Å². The van der Waals surface area contributed by atoms with Crippen molar-refractivity contribution in [2.75, 3.05) is 26.2 Å². The fraction of sp³-hybridized carbons (Fsp3) is 1.00. The average Bonchev–Trinajstić information content (AvgIpc) is 2.18. The summed E-state index contributed by atoms with van der Waals surface area (Å²) in [5.41, 5.74) is 5.71. The van der Waals surface area contributed by atoms with E-state index >= 15 is 0 Å². The summed E-state index contributed by atoms with van der Waals surface area (Å²) in [5, 5.41) is 9.27. The van der Waals surface area contributed by atoms with Crippen LogP contribution >= 0.6 is 0 Å². The van der Waals surface area contributed by atoms with Crippen LogP contribution in [0.4, 0.5) is 0 Å². The van der Waals surface area contributed by atoms with Gasteiger partial charge in [-0.15, -0.1) is 0 Å². The van der Waals surface area contributed by atoms with Crippen molar-refractivity contribution in [1.82, 2.24) is 4.90 Å². The third kappa shape index (κ3) is 2.42. The number of nitrogens with two attached hydrogens (primary N) is 1. The van der Waals surface area contributed by atoms with E-state index in [0.717, 1.165) is 25.9 Å². The van der Waals surface area contributed by atoms with Crippen molar-refractivity contribution < 1.29 is 5.11 Å². The fourth-order valence-electron chi connectivity index (χ4n) is 1.94. The Hall–Kier alpha value is -0.120. The van der Waals surface area contributed by atoms with Gasteiger partial charge in [0.25, 0.3) is 0 Å². The number of hydrogen-bond acceptors (Lipinski definition) is 3. The first kappa shape index (κ1) is 11.0. The summed E-state index contributed by atoms with van der Waals surface area (Å²) in [6, 6.07) is 0.620. The molecule has 1 saturated heterocycles. The molecule has 0 radical (unpaired) electrons. The molecule has 1 aliphatic heterocycles. The van der Waals surface area contributed by atoms with Gasteiger partial charge in [0.2, 0.25) is 0 Å². The van der Waals surface area contributed by atoms with Crippen molar-refractivity contribution in [2.24, 2.45) is 11.1 Å². The maximum absolute atomic E-state index is 9.27. The van der Waals surface area contributed by atoms with Crippen LogP contribution in [0.25, 0.3) is 0 Å². The maximum atomic E-state index is 9.27. The molecule has 0 aromatic rings. The molecule has 0 unspecified atom stereocenters. The van der Waals surface area contributed by atoms with Gasteiger partial charge in [0.05, 0.1) is 0 Å². The van der Waals surface area contributed by atoms with Crippen molar-refractivity contribution in [3.63, 3.8) is 0 Å². The van der Waals surface area contributed by atoms with Crippen LogP contribution in [0.15, 0.2) is 0 Å². The molecule has 78 valence electrons. The van der Waals surface area contributed by atoms with Crippen LogP contribution in [0.3, 0.4) is 0 Å². The van der Waals surface area contributed by atoms with Gasteiger partial charge < -0.3 is 15.7 Å². The first-order valence-electron chi connectivity index (χ1n) is 5.18. The van der Waals surface area contributed by atoms with Gasteiger partial charge in [0.15, 0.2) is 0 Å². The summed E-state index contributed by atoms with van der Waals surface area (Å²) >= 11 is 0. The first-order chi connectivity index (χ1) is 6.13. The van der Waals surface area contributed by atoms with Gasteiger partial charge in [0, 0.05) is 24.6 Å². The second kappa shape index (κ2) is 4.40. The van der Waals surface area contributed by atoms with E-state index in [9.17, 15) is 5.11 Å². The van der Waals surface area contributed by atoms with Crippen molar-refractivity contribution in [3.8, 4) is 0 Å². The molecule has 0 aromatic heterocycles. The van der Waals surface area contributed by atoms with Crippen molar-refractivity contribution in [1.29, 1.82) is 0 Å². The molecule has 0 atom stereocenters. The van der Waals surface area contributed by atoms with Crippen molar-refractivity contribution >= 4 is 0 Å². The Labute approximate surface area is 80.9 Å². The molecular weight excluding hydrogens is 164 g/mol. The molecular formula is C10H22N2O. The summed E-state index contributed by atoms with van der Waals surface area (Å²) < 4.78 is 0. The number of likely N-dealkylation sites (tertiary alicyclic amines) is 1. The molecule has 3 N–H and O–H groups in total. The van der Waals surface area contributed by atoms with Gasteiger partial charge in [-0.3, -0.25) is 0 Å². The lowest BCUT2D eigenvalue weighted by Gasteiger charge is -2.41. The zero-order valence-electron chi connectivity index (χ0n) is 8.79. The minimum absolute atomic E-state index is 0.0192. The standard InChI is InChI=1S/C10H22N2O/c1-9(2)12-5-3-10(7-11,8-13)4-6-12/h9,13H,3-8,11H2,1-2H3. The van der Waals surface area contributed by atoms with Crippen LogP contribution in [-0.4, -0.2) is 42.3 Å². The van der Waals surface area contributed by atoms with Crippen LogP contribution in [0.1, 0.15) is 26.7 Å². The van der Waals surface area contributed by atoms with E-state index in [1.54, 1.807) is 0 Å². The molecule has 3 nitrogen and oxygen atoms in total. The minimum atomic E-state index is 0.0192. The van der Waals surface area contributed by atoms with Gasteiger partial charge in [-0.1, -0.05) is 0 Å². The topological polar surface area (TPSA) is 49.5 Å². The lowest BCUT2D eigenvalue weighted by molar-refractivity contribution is 0.0393. The van der Waals surface area contributed by atoms with Crippen LogP contribution in [0, 0.1) is 5.41 Å². The Kier molecular flexibility index (Phi) is 3.71. The molecule has 1 heterocycles. The number of rotatable bonds is 3. The second-order valence-electron chi connectivity index (χ2n) is 4.49. The molecule has 0 spiro atoms. The monoisotopic (exact) mass is 186 g/mol. The number of nitrogens with zero attached hydrogens (tertiary/aromatic N) is 1. The second-order valence-corrected chi connectivity index (χ2v) is 4.49. The van der Waals surface area contributed by atoms with E-state index in [1.165, 1.54) is 0 Å². The molecule has 0 saturated carbocycles. The molecule has 3 heteroatoms. The number of aliphatic hydroxyl groups excluding tert-OH is 1. The molecule has 1 aliphatic rings. The van der Waals surface area contributed by atoms with E-state index in [4.69, 9.17) is 5.73 Å². The maximum Gasteiger partial charge on any atom is 0.0500 e. The summed E-state index contributed by atoms with van der Waals surface area (Å²) in [4.78, 5) is 2.45. The highest BCUT2D eigenvalue weighted by Crippen LogP contribution is 2.30. The Morgan fingerprint density at radius 2 is 1.92 bits per heavy atom. The summed E-state index contributed by atoms with van der Waals surface area (Å²) in [6.45, 7) is 7.46. The lowest BCUT2D eigenvalue weighted by atomic mass is 9.79. The van der Waals surface area contributed by atoms with Crippen molar-refractivity contribution in [3.05, 3.63) is 0 Å². The number of aliphatic hydroxyl groups is 1. The van der Waals surface area contributed by atoms with E-state index in [1.807, 2.05) is 0 Å². The Balaban J connectivity index is 2.45. The Bertz CT molecular complexity index is 145. The van der Waals surface area contributed by atoms with E-state index in [0.29, 0.717) is 12.6 Å². The molecule has 0 aliphatic carbocycles. The summed E-state index contributed by atoms with van der Waals surface area (Å²) in [7, 11) is 0. The smallest absolute Gasteiger partial charge is 0.0500 e. The zero-order valence-corrected chi connectivity index (χ0v) is 8.79. The predicted molar refractivity (Wildman–Crippen MR) is 54.5 cm³/mol. The van der Waals surface area contributed by atoms with Crippen LogP contribution in [0.5, 0.6) is 0 Å². The molecule has 13 heavy (non-hydrogen) atoms. The molecule has 0 amide bonds. The van der Waals surface area contributed by atoms with Gasteiger partial charge >= 0.3 is 0 Å². The highest BCUT2D eigenvalue weighted by atomic mass is 16.3. The molecule has 0 aromatic carbocycles. The van der Waals surface area contributed by atoms with E-state index < -0.39 is 0 Å². The highest BCUT2D eigenvalue weighted by Gasteiger charge is 2.33. The third-order valence-electron chi connectivity index (χ3n) is 3.36. The zero-order chi connectivity index (χ0) is 9.90. The lowest BCUT2D eigenvalue weighted by Crippen LogP contribution is -2.47. The normalized spacial score (nSPS) is 23.8. The summed E-state index contributed by atoms with van der Waals surface area (Å²) in [6.07, 6.45) is 2.08. The predicted octanol–water partition coefficient (Wildman–Crippen LogP) is 0.428. The fourth-order valence-corrected chi connectivity index (χ4v) is 1.94. The third-order valence-corrected chi connectivity index (χ3v) is 3.36. The van der Waals surface area contributed by atoms with Gasteiger partial charge in [0.1, 0.15) is 0 Å². The van der Waals surface area contributed by atoms with Gasteiger partial charge in [-0.05, 0) is 39.8 Å². The largest absolute Gasteiger partial charge is 0.396 e. The quantitative estimate of drug-likeness (QED) is 0.672. The van der Waals surface area contributed by atoms with E-state index in [2.05, 4.69) is 18.7 Å². The first-order valence-corrected chi connectivity index (χ1v) is 5.18. The van der Waals surface area contributed by atoms with Crippen LogP contribution < -0.4 is 5.73 Å². The Morgan fingerprint density at radius 1 is 1.38 bits per heavy atom. The van der Waals surface area contributed by atoms with E-state index in [-0.39, 0.29) is 12.0 Å². The molecule has 0 bridgehead atoms.